The molecule has 3 N–H and O–H groups in total. The van der Waals surface area contributed by atoms with Gasteiger partial charge in [0.25, 0.3) is 5.91 Å². The molecule has 0 radical (unpaired) electrons. The minimum absolute atomic E-state index is 0.0649. The predicted molar refractivity (Wildman–Crippen MR) is 93.2 cm³/mol. The molecule has 1 fully saturated rings. The van der Waals surface area contributed by atoms with Crippen LogP contribution in [0.15, 0.2) is 18.2 Å². The first-order chi connectivity index (χ1) is 11.9. The third-order valence-electron chi connectivity index (χ3n) is 5.60. The van der Waals surface area contributed by atoms with Gasteiger partial charge in [-0.15, -0.1) is 0 Å². The van der Waals surface area contributed by atoms with Gasteiger partial charge in [-0.25, -0.2) is 0 Å². The number of rotatable bonds is 5. The molecule has 1 saturated carbocycles. The second-order valence-electron chi connectivity index (χ2n) is 7.33. The van der Waals surface area contributed by atoms with Gasteiger partial charge >= 0.3 is 5.97 Å². The molecule has 1 unspecified atom stereocenters. The van der Waals surface area contributed by atoms with E-state index >= 15 is 0 Å². The van der Waals surface area contributed by atoms with Gasteiger partial charge in [0.15, 0.2) is 0 Å². The van der Waals surface area contributed by atoms with E-state index in [1.807, 2.05) is 6.07 Å². The number of aliphatic carboxylic acids is 1. The van der Waals surface area contributed by atoms with Crippen LogP contribution in [0.2, 0.25) is 0 Å². The van der Waals surface area contributed by atoms with Gasteiger partial charge in [0, 0.05) is 17.8 Å². The average Bonchev–Trinajstić information content (AvgIpc) is 2.96. The Labute approximate surface area is 147 Å². The van der Waals surface area contributed by atoms with E-state index in [2.05, 4.69) is 10.6 Å². The van der Waals surface area contributed by atoms with Crippen LogP contribution in [0.5, 0.6) is 0 Å². The second-order valence-corrected chi connectivity index (χ2v) is 7.33. The molecule has 3 rings (SSSR count). The van der Waals surface area contributed by atoms with E-state index in [4.69, 9.17) is 0 Å². The third kappa shape index (κ3) is 3.52. The predicted octanol–water partition coefficient (Wildman–Crippen LogP) is 2.93. The Kier molecular flexibility index (Phi) is 4.79. The van der Waals surface area contributed by atoms with Gasteiger partial charge in [-0.05, 0) is 43.4 Å². The van der Waals surface area contributed by atoms with Gasteiger partial charge in [-0.2, -0.15) is 0 Å². The number of amides is 2. The van der Waals surface area contributed by atoms with Gasteiger partial charge < -0.3 is 15.7 Å². The molecule has 1 aliphatic carbocycles. The van der Waals surface area contributed by atoms with Crippen LogP contribution in [0.25, 0.3) is 0 Å². The maximum atomic E-state index is 13.0. The number of hydrogen-bond acceptors (Lipinski definition) is 3. The Morgan fingerprint density at radius 3 is 2.68 bits per heavy atom. The zero-order valence-corrected chi connectivity index (χ0v) is 14.4. The Morgan fingerprint density at radius 2 is 2.00 bits per heavy atom. The largest absolute Gasteiger partial charge is 0.481 e. The van der Waals surface area contributed by atoms with Gasteiger partial charge in [-0.1, -0.05) is 25.3 Å². The Bertz CT molecular complexity index is 709. The molecule has 2 amide bonds. The lowest BCUT2D eigenvalue weighted by molar-refractivity contribution is -0.145. The van der Waals surface area contributed by atoms with Crippen LogP contribution in [0.3, 0.4) is 0 Å². The molecule has 0 aromatic heterocycles. The smallest absolute Gasteiger partial charge is 0.304 e. The molecule has 1 heterocycles. The molecule has 6 nitrogen and oxygen atoms in total. The van der Waals surface area contributed by atoms with Crippen molar-refractivity contribution in [3.05, 3.63) is 29.3 Å². The molecule has 6 heteroatoms. The summed E-state index contributed by atoms with van der Waals surface area (Å²) in [5.74, 6) is -1.32. The van der Waals surface area contributed by atoms with Crippen molar-refractivity contribution in [2.75, 3.05) is 5.32 Å². The van der Waals surface area contributed by atoms with Crippen molar-refractivity contribution in [2.24, 2.45) is 11.3 Å². The number of fused-ring (bicyclic) bond motifs is 1. The molecule has 134 valence electrons. The highest BCUT2D eigenvalue weighted by atomic mass is 16.4. The Hall–Kier alpha value is -2.37. The SMILES string of the molecule is CC(CC(=O)O)(C(=O)Nc1ccc2c(c1)C(=O)NC2)C1CCCCC1. The van der Waals surface area contributed by atoms with Crippen LogP contribution >= 0.6 is 0 Å². The van der Waals surface area contributed by atoms with Crippen LogP contribution in [-0.2, 0) is 16.1 Å². The lowest BCUT2D eigenvalue weighted by atomic mass is 9.67. The summed E-state index contributed by atoms with van der Waals surface area (Å²) in [4.78, 5) is 36.1. The first-order valence-electron chi connectivity index (χ1n) is 8.84. The van der Waals surface area contributed by atoms with Crippen molar-refractivity contribution in [3.8, 4) is 0 Å². The number of carboxylic acid groups (broad SMARTS) is 1. The molecular formula is C19H24N2O4. The number of carbonyl (C=O) groups excluding carboxylic acids is 2. The van der Waals surface area contributed by atoms with E-state index < -0.39 is 11.4 Å². The summed E-state index contributed by atoms with van der Waals surface area (Å²) in [5, 5.41) is 14.9. The zero-order valence-electron chi connectivity index (χ0n) is 14.4. The molecule has 2 aliphatic rings. The molecule has 1 aliphatic heterocycles. The van der Waals surface area contributed by atoms with Crippen molar-refractivity contribution in [2.45, 2.75) is 52.0 Å². The van der Waals surface area contributed by atoms with Crippen LogP contribution in [0.1, 0.15) is 61.4 Å². The third-order valence-corrected chi connectivity index (χ3v) is 5.60. The summed E-state index contributed by atoms with van der Waals surface area (Å²) in [7, 11) is 0. The van der Waals surface area contributed by atoms with Crippen molar-refractivity contribution >= 4 is 23.5 Å². The zero-order chi connectivity index (χ0) is 18.0. The summed E-state index contributed by atoms with van der Waals surface area (Å²) < 4.78 is 0. The second kappa shape index (κ2) is 6.86. The number of nitrogens with one attached hydrogen (secondary N) is 2. The van der Waals surface area contributed by atoms with Crippen LogP contribution < -0.4 is 10.6 Å². The first-order valence-corrected chi connectivity index (χ1v) is 8.84. The summed E-state index contributed by atoms with van der Waals surface area (Å²) in [6, 6.07) is 5.24. The Balaban J connectivity index is 1.81. The van der Waals surface area contributed by atoms with E-state index in [0.717, 1.165) is 37.7 Å². The summed E-state index contributed by atoms with van der Waals surface area (Å²) >= 11 is 0. The maximum Gasteiger partial charge on any atom is 0.304 e. The van der Waals surface area contributed by atoms with Crippen molar-refractivity contribution in [3.63, 3.8) is 0 Å². The Morgan fingerprint density at radius 1 is 1.28 bits per heavy atom. The minimum atomic E-state index is -0.962. The van der Waals surface area contributed by atoms with Gasteiger partial charge in [0.2, 0.25) is 5.91 Å². The van der Waals surface area contributed by atoms with Crippen LogP contribution in [0, 0.1) is 11.3 Å². The topological polar surface area (TPSA) is 95.5 Å². The van der Waals surface area contributed by atoms with Crippen LogP contribution in [0.4, 0.5) is 5.69 Å². The number of anilines is 1. The molecule has 25 heavy (non-hydrogen) atoms. The molecule has 1 aromatic carbocycles. The summed E-state index contributed by atoms with van der Waals surface area (Å²) in [6.45, 7) is 2.26. The van der Waals surface area contributed by atoms with E-state index in [1.165, 1.54) is 0 Å². The summed E-state index contributed by atoms with van der Waals surface area (Å²) in [5.41, 5.74) is 1.06. The van der Waals surface area contributed by atoms with Gasteiger partial charge in [0.1, 0.15) is 0 Å². The maximum absolute atomic E-state index is 13.0. The summed E-state index contributed by atoms with van der Waals surface area (Å²) in [6.07, 6.45) is 4.78. The van der Waals surface area contributed by atoms with Gasteiger partial charge in [-0.3, -0.25) is 14.4 Å². The van der Waals surface area contributed by atoms with Crippen LogP contribution in [-0.4, -0.2) is 22.9 Å². The molecular weight excluding hydrogens is 320 g/mol. The fraction of sp³-hybridized carbons (Fsp3) is 0.526. The normalized spacial score (nSPS) is 19.6. The minimum Gasteiger partial charge on any atom is -0.481 e. The highest BCUT2D eigenvalue weighted by molar-refractivity contribution is 6.01. The molecule has 0 bridgehead atoms. The fourth-order valence-corrected chi connectivity index (χ4v) is 4.03. The van der Waals surface area contributed by atoms with E-state index in [9.17, 15) is 19.5 Å². The van der Waals surface area contributed by atoms with Gasteiger partial charge in [0.05, 0.1) is 11.8 Å². The average molecular weight is 344 g/mol. The van der Waals surface area contributed by atoms with E-state index in [0.29, 0.717) is 17.8 Å². The monoisotopic (exact) mass is 344 g/mol. The number of carbonyl (C=O) groups is 3. The van der Waals surface area contributed by atoms with Crippen molar-refractivity contribution in [1.29, 1.82) is 0 Å². The van der Waals surface area contributed by atoms with E-state index in [-0.39, 0.29) is 24.2 Å². The fourth-order valence-electron chi connectivity index (χ4n) is 4.03. The molecule has 1 aromatic rings. The first kappa shape index (κ1) is 17.5. The van der Waals surface area contributed by atoms with Crippen molar-refractivity contribution in [1.82, 2.24) is 5.32 Å². The number of hydrogen-bond donors (Lipinski definition) is 3. The standard InChI is InChI=1S/C19H24N2O4/c1-19(10-16(22)23,13-5-3-2-4-6-13)18(25)21-14-8-7-12-11-20-17(24)15(12)9-14/h7-9,13H,2-6,10-11H2,1H3,(H,20,24)(H,21,25)(H,22,23). The highest BCUT2D eigenvalue weighted by Crippen LogP contribution is 2.42. The molecule has 0 spiro atoms. The lowest BCUT2D eigenvalue weighted by Gasteiger charge is -2.37. The quantitative estimate of drug-likeness (QED) is 0.765. The number of carboxylic acids is 1. The van der Waals surface area contributed by atoms with Crippen molar-refractivity contribution < 1.29 is 19.5 Å². The lowest BCUT2D eigenvalue weighted by Crippen LogP contribution is -2.42. The molecule has 0 saturated heterocycles. The highest BCUT2D eigenvalue weighted by Gasteiger charge is 2.43. The van der Waals surface area contributed by atoms with E-state index in [1.54, 1.807) is 19.1 Å². The number of benzene rings is 1. The molecule has 1 atom stereocenters.